The molecule has 1 aliphatic rings. The Labute approximate surface area is 45.1 Å². The van der Waals surface area contributed by atoms with E-state index in [1.54, 1.807) is 0 Å². The molecule has 0 amide bonds. The molecule has 0 saturated heterocycles. The molecule has 0 spiro atoms. The Hall–Kier alpha value is -0.118. The molecule has 0 unspecified atom stereocenters. The van der Waals surface area contributed by atoms with E-state index in [1.807, 2.05) is 28.0 Å². The van der Waals surface area contributed by atoms with Crippen molar-refractivity contribution in [3.05, 3.63) is 24.3 Å². The zero-order valence-electron chi connectivity index (χ0n) is 3.52. The Morgan fingerprint density at radius 2 is 1.67 bits per heavy atom. The third kappa shape index (κ3) is 0.681. The van der Waals surface area contributed by atoms with Crippen LogP contribution >= 0.6 is 0 Å². The first kappa shape index (κ1) is 4.05. The normalized spacial score (nSPS) is 16.8. The first-order chi connectivity index (χ1) is 2.89. The van der Waals surface area contributed by atoms with Gasteiger partial charge in [0, 0.05) is 0 Å². The molecule has 0 aromatic heterocycles. The van der Waals surface area contributed by atoms with Crippen LogP contribution in [-0.4, -0.2) is 20.2 Å². The molecule has 0 saturated carbocycles. The van der Waals surface area contributed by atoms with Gasteiger partial charge in [-0.1, -0.05) is 0 Å². The first-order valence-corrected chi connectivity index (χ1v) is 2.64. The summed E-state index contributed by atoms with van der Waals surface area (Å²) in [6, 6.07) is 0. The Morgan fingerprint density at radius 3 is 1.83 bits per heavy atom. The van der Waals surface area contributed by atoms with Crippen molar-refractivity contribution in [2.75, 3.05) is 0 Å². The standard InChI is InChI=1S/C5H4.Al.H/c1-2-4-5-3-1;;/h1-4H;;. The van der Waals surface area contributed by atoms with Gasteiger partial charge in [0.2, 0.25) is 0 Å². The fourth-order valence-corrected chi connectivity index (χ4v) is 0.686. The van der Waals surface area contributed by atoms with E-state index in [-0.39, 0.29) is 0 Å². The van der Waals surface area contributed by atoms with Gasteiger partial charge in [0.05, 0.1) is 0 Å². The third-order valence-electron chi connectivity index (χ3n) is 0.732. The summed E-state index contributed by atoms with van der Waals surface area (Å²) in [7, 11) is 0. The van der Waals surface area contributed by atoms with E-state index >= 15 is 0 Å². The van der Waals surface area contributed by atoms with E-state index in [0.717, 1.165) is 0 Å². The van der Waals surface area contributed by atoms with Gasteiger partial charge >= 0.3 is 44.5 Å². The van der Waals surface area contributed by atoms with Gasteiger partial charge in [0.15, 0.2) is 0 Å². The molecule has 1 rings (SSSR count). The zero-order valence-corrected chi connectivity index (χ0v) is 4.93. The predicted octanol–water partition coefficient (Wildman–Crippen LogP) is 0.186. The summed E-state index contributed by atoms with van der Waals surface area (Å²) in [5.41, 5.74) is 0. The Balaban J connectivity index is 2.86. The Kier molecular flexibility index (Phi) is 1.05. The fraction of sp³-hybridized carbons (Fsp3) is 0. The molecule has 28 valence electrons. The van der Waals surface area contributed by atoms with Crippen molar-refractivity contribution in [2.24, 2.45) is 0 Å². The van der Waals surface area contributed by atoms with Gasteiger partial charge < -0.3 is 0 Å². The van der Waals surface area contributed by atoms with Gasteiger partial charge in [0.25, 0.3) is 0 Å². The van der Waals surface area contributed by atoms with Crippen LogP contribution < -0.4 is 0 Å². The van der Waals surface area contributed by atoms with E-state index < -0.39 is 0 Å². The van der Waals surface area contributed by atoms with Crippen molar-refractivity contribution < 1.29 is 0 Å². The molecule has 0 N–H and O–H groups in total. The molecule has 0 nitrogen and oxygen atoms in total. The van der Waals surface area contributed by atoms with Gasteiger partial charge in [-0.25, -0.2) is 0 Å². The topological polar surface area (TPSA) is 0 Å². The fourth-order valence-electron chi connectivity index (χ4n) is 0.414. The van der Waals surface area contributed by atoms with Crippen LogP contribution in [0.4, 0.5) is 0 Å². The van der Waals surface area contributed by atoms with Crippen LogP contribution in [0, 0.1) is 0 Å². The van der Waals surface area contributed by atoms with Gasteiger partial charge in [-0.3, -0.25) is 0 Å². The van der Waals surface area contributed by atoms with Gasteiger partial charge in [-0.2, -0.15) is 0 Å². The summed E-state index contributed by atoms with van der Waals surface area (Å²) < 4.78 is 1.37. The summed E-state index contributed by atoms with van der Waals surface area (Å²) in [6.07, 6.45) is 8.28. The van der Waals surface area contributed by atoms with Crippen molar-refractivity contribution in [1.82, 2.24) is 0 Å². The summed E-state index contributed by atoms with van der Waals surface area (Å²) in [6.45, 7) is 0. The molecule has 0 aromatic rings. The number of allylic oxidation sites excluding steroid dienone is 4. The van der Waals surface area contributed by atoms with Crippen molar-refractivity contribution in [1.29, 1.82) is 0 Å². The van der Waals surface area contributed by atoms with Crippen LogP contribution in [0.25, 0.3) is 0 Å². The van der Waals surface area contributed by atoms with Crippen LogP contribution in [0.3, 0.4) is 0 Å². The maximum atomic E-state index is 2.10. The van der Waals surface area contributed by atoms with E-state index in [1.165, 1.54) is 4.38 Å². The molecule has 0 bridgehead atoms. The molecule has 0 aliphatic heterocycles. The Morgan fingerprint density at radius 1 is 1.17 bits per heavy atom. The Bertz CT molecular complexity index is 106. The molecule has 0 radical (unpaired) electrons. The van der Waals surface area contributed by atoms with E-state index in [0.29, 0.717) is 0 Å². The summed E-state index contributed by atoms with van der Waals surface area (Å²) >= 11 is 1.91. The molecule has 0 atom stereocenters. The minimum absolute atomic E-state index is 1.37. The van der Waals surface area contributed by atoms with Crippen LogP contribution in [0.1, 0.15) is 0 Å². The van der Waals surface area contributed by atoms with E-state index in [4.69, 9.17) is 0 Å². The van der Waals surface area contributed by atoms with Crippen molar-refractivity contribution in [2.45, 2.75) is 0 Å². The molecule has 0 fully saturated rings. The molecule has 1 aliphatic carbocycles. The van der Waals surface area contributed by atoms with Crippen molar-refractivity contribution >= 4 is 20.2 Å². The molecule has 0 heterocycles. The SMILES string of the molecule is [AlH]=[C]1C=CC=C1. The van der Waals surface area contributed by atoms with Gasteiger partial charge in [0.1, 0.15) is 0 Å². The second kappa shape index (κ2) is 1.55. The van der Waals surface area contributed by atoms with Crippen LogP contribution in [0.15, 0.2) is 24.3 Å². The quantitative estimate of drug-likeness (QED) is 0.374. The van der Waals surface area contributed by atoms with Crippen LogP contribution in [0.5, 0.6) is 0 Å². The predicted molar refractivity (Wildman–Crippen MR) is 30.4 cm³/mol. The second-order valence-corrected chi connectivity index (χ2v) is 2.11. The molecular weight excluding hydrogens is 87.0 g/mol. The molecule has 6 heavy (non-hydrogen) atoms. The zero-order chi connectivity index (χ0) is 4.41. The van der Waals surface area contributed by atoms with Crippen LogP contribution in [-0.2, 0) is 0 Å². The summed E-state index contributed by atoms with van der Waals surface area (Å²) in [5.74, 6) is 0. The van der Waals surface area contributed by atoms with Crippen molar-refractivity contribution in [3.8, 4) is 0 Å². The third-order valence-corrected chi connectivity index (χ3v) is 1.20. The van der Waals surface area contributed by atoms with Crippen LogP contribution in [0.2, 0.25) is 0 Å². The molecular formula is C5H5Al. The minimum atomic E-state index is 1.37. The molecule has 1 heteroatoms. The van der Waals surface area contributed by atoms with Crippen molar-refractivity contribution in [3.63, 3.8) is 0 Å². The number of hydrogen-bond acceptors (Lipinski definition) is 0. The number of hydrogen-bond donors (Lipinski definition) is 0. The van der Waals surface area contributed by atoms with E-state index in [9.17, 15) is 0 Å². The van der Waals surface area contributed by atoms with Gasteiger partial charge in [-0.15, -0.1) is 0 Å². The monoisotopic (exact) mass is 92.0 g/mol. The maximum absolute atomic E-state index is 2.10. The summed E-state index contributed by atoms with van der Waals surface area (Å²) in [5, 5.41) is 0. The molecule has 0 aromatic carbocycles. The van der Waals surface area contributed by atoms with E-state index in [2.05, 4.69) is 12.2 Å². The van der Waals surface area contributed by atoms with Gasteiger partial charge in [-0.05, 0) is 0 Å². The second-order valence-electron chi connectivity index (χ2n) is 1.29. The first-order valence-electron chi connectivity index (χ1n) is 1.93. The average Bonchev–Trinajstić information content (AvgIpc) is 1.86. The number of rotatable bonds is 0. The average molecular weight is 92.1 g/mol. The summed E-state index contributed by atoms with van der Waals surface area (Å²) in [4.78, 5) is 0.